The summed E-state index contributed by atoms with van der Waals surface area (Å²) in [5, 5.41) is 13.7. The number of ether oxygens (including phenoxy) is 2. The highest BCUT2D eigenvalue weighted by atomic mass is 16.5. The van der Waals surface area contributed by atoms with Crippen molar-refractivity contribution in [1.82, 2.24) is 5.32 Å². The third-order valence-electron chi connectivity index (χ3n) is 5.66. The molecule has 150 valence electrons. The van der Waals surface area contributed by atoms with Crippen LogP contribution in [0.3, 0.4) is 0 Å². The molecule has 0 amide bonds. The predicted molar refractivity (Wildman–Crippen MR) is 110 cm³/mol. The fraction of sp³-hybridized carbons (Fsp3) is 0.435. The monoisotopic (exact) mass is 383 g/mol. The van der Waals surface area contributed by atoms with Gasteiger partial charge in [0.05, 0.1) is 0 Å². The van der Waals surface area contributed by atoms with Crippen molar-refractivity contribution in [3.05, 3.63) is 52.1 Å². The molecule has 1 aliphatic rings. The van der Waals surface area contributed by atoms with E-state index in [1.807, 2.05) is 20.8 Å². The fourth-order valence-electron chi connectivity index (χ4n) is 3.66. The largest absolute Gasteiger partial charge is 0.507 e. The number of phenolic OH excluding ortho intramolecular Hbond substituents is 1. The molecular formula is C23H29NO4. The van der Waals surface area contributed by atoms with Crippen LogP contribution in [0.5, 0.6) is 17.2 Å². The molecule has 0 radical (unpaired) electrons. The van der Waals surface area contributed by atoms with E-state index in [4.69, 9.17) is 9.47 Å². The van der Waals surface area contributed by atoms with Crippen molar-refractivity contribution in [2.75, 3.05) is 19.7 Å². The van der Waals surface area contributed by atoms with Crippen LogP contribution in [0.2, 0.25) is 0 Å². The molecule has 0 aromatic heterocycles. The van der Waals surface area contributed by atoms with Crippen molar-refractivity contribution < 1.29 is 19.4 Å². The summed E-state index contributed by atoms with van der Waals surface area (Å²) in [6.45, 7) is 9.99. The van der Waals surface area contributed by atoms with E-state index in [1.54, 1.807) is 24.3 Å². The van der Waals surface area contributed by atoms with Crippen LogP contribution in [0, 0.1) is 20.8 Å². The van der Waals surface area contributed by atoms with Crippen molar-refractivity contribution in [1.29, 1.82) is 0 Å². The summed E-state index contributed by atoms with van der Waals surface area (Å²) < 4.78 is 12.1. The van der Waals surface area contributed by atoms with Crippen molar-refractivity contribution in [2.24, 2.45) is 0 Å². The van der Waals surface area contributed by atoms with E-state index in [-0.39, 0.29) is 5.60 Å². The Labute approximate surface area is 166 Å². The Hall–Kier alpha value is -2.53. The average Bonchev–Trinajstić information content (AvgIpc) is 2.71. The second kappa shape index (κ2) is 8.23. The van der Waals surface area contributed by atoms with Crippen molar-refractivity contribution >= 4 is 6.29 Å². The molecule has 0 aliphatic carbocycles. The highest BCUT2D eigenvalue weighted by molar-refractivity contribution is 5.74. The van der Waals surface area contributed by atoms with Crippen LogP contribution in [-0.4, -0.2) is 36.7 Å². The van der Waals surface area contributed by atoms with Crippen molar-refractivity contribution in [3.63, 3.8) is 0 Å². The Morgan fingerprint density at radius 1 is 1.18 bits per heavy atom. The maximum Gasteiger partial charge on any atom is 0.150 e. The SMILES string of the molecule is Cc1c(C)c2c(c(C)c1O)CCC(C)(CNCCOc1ccc(C=O)cc1)O2. The van der Waals surface area contributed by atoms with Gasteiger partial charge < -0.3 is 19.9 Å². The Bertz CT molecular complexity index is 860. The van der Waals surface area contributed by atoms with Gasteiger partial charge in [0.15, 0.2) is 0 Å². The first-order chi connectivity index (χ1) is 13.3. The van der Waals surface area contributed by atoms with E-state index >= 15 is 0 Å². The van der Waals surface area contributed by atoms with E-state index in [0.717, 1.165) is 59.4 Å². The fourth-order valence-corrected chi connectivity index (χ4v) is 3.66. The first-order valence-corrected chi connectivity index (χ1v) is 9.74. The third kappa shape index (κ3) is 4.14. The second-order valence-electron chi connectivity index (χ2n) is 7.80. The molecule has 1 atom stereocenters. The summed E-state index contributed by atoms with van der Waals surface area (Å²) in [7, 11) is 0. The van der Waals surface area contributed by atoms with E-state index in [9.17, 15) is 9.90 Å². The molecule has 1 aliphatic heterocycles. The number of fused-ring (bicyclic) bond motifs is 1. The number of hydrogen-bond acceptors (Lipinski definition) is 5. The van der Waals surface area contributed by atoms with E-state index < -0.39 is 0 Å². The van der Waals surface area contributed by atoms with Gasteiger partial charge in [-0.05, 0) is 81.5 Å². The highest BCUT2D eigenvalue weighted by Crippen LogP contribution is 2.43. The summed E-state index contributed by atoms with van der Waals surface area (Å²) in [6.07, 6.45) is 2.61. The second-order valence-corrected chi connectivity index (χ2v) is 7.80. The number of aromatic hydroxyl groups is 1. The minimum absolute atomic E-state index is 0.292. The van der Waals surface area contributed by atoms with Gasteiger partial charge >= 0.3 is 0 Å². The Balaban J connectivity index is 1.53. The summed E-state index contributed by atoms with van der Waals surface area (Å²) in [6, 6.07) is 7.09. The van der Waals surface area contributed by atoms with Gasteiger partial charge in [0.25, 0.3) is 0 Å². The normalized spacial score (nSPS) is 18.3. The van der Waals surface area contributed by atoms with E-state index in [2.05, 4.69) is 12.2 Å². The zero-order valence-electron chi connectivity index (χ0n) is 17.1. The molecule has 1 unspecified atom stereocenters. The minimum atomic E-state index is -0.292. The predicted octanol–water partition coefficient (Wildman–Crippen LogP) is 3.88. The molecule has 2 N–H and O–H groups in total. The maximum atomic E-state index is 10.7. The van der Waals surface area contributed by atoms with Crippen LogP contribution >= 0.6 is 0 Å². The number of rotatable bonds is 7. The van der Waals surface area contributed by atoms with E-state index in [0.29, 0.717) is 24.5 Å². The van der Waals surface area contributed by atoms with Crippen LogP contribution in [0.15, 0.2) is 24.3 Å². The van der Waals surface area contributed by atoms with Gasteiger partial charge in [-0.25, -0.2) is 0 Å². The molecule has 0 saturated heterocycles. The number of aldehydes is 1. The summed E-state index contributed by atoms with van der Waals surface area (Å²) in [5.41, 5.74) is 4.32. The first kappa shape index (κ1) is 20.2. The molecule has 3 rings (SSSR count). The zero-order valence-corrected chi connectivity index (χ0v) is 17.1. The van der Waals surface area contributed by atoms with Crippen molar-refractivity contribution in [3.8, 4) is 17.2 Å². The Morgan fingerprint density at radius 2 is 1.89 bits per heavy atom. The molecule has 0 spiro atoms. The topological polar surface area (TPSA) is 67.8 Å². The van der Waals surface area contributed by atoms with Crippen LogP contribution < -0.4 is 14.8 Å². The molecule has 28 heavy (non-hydrogen) atoms. The minimum Gasteiger partial charge on any atom is -0.507 e. The highest BCUT2D eigenvalue weighted by Gasteiger charge is 2.34. The summed E-state index contributed by atoms with van der Waals surface area (Å²) >= 11 is 0. The third-order valence-corrected chi connectivity index (χ3v) is 5.66. The molecular weight excluding hydrogens is 354 g/mol. The lowest BCUT2D eigenvalue weighted by Gasteiger charge is -2.38. The lowest BCUT2D eigenvalue weighted by Crippen LogP contribution is -2.46. The maximum absolute atomic E-state index is 10.7. The molecule has 0 fully saturated rings. The summed E-state index contributed by atoms with van der Waals surface area (Å²) in [4.78, 5) is 10.7. The quantitative estimate of drug-likeness (QED) is 0.561. The van der Waals surface area contributed by atoms with Gasteiger partial charge in [0, 0.05) is 24.2 Å². The number of hydrogen-bond donors (Lipinski definition) is 2. The van der Waals surface area contributed by atoms with Crippen molar-refractivity contribution in [2.45, 2.75) is 46.1 Å². The number of phenols is 1. The van der Waals surface area contributed by atoms with Crippen LogP contribution in [0.25, 0.3) is 0 Å². The van der Waals surface area contributed by atoms with Gasteiger partial charge in [0.1, 0.15) is 35.7 Å². The standard InChI is InChI=1S/C23H29NO4/c1-15-16(2)22-20(17(3)21(15)26)9-10-23(4,28-22)14-24-11-12-27-19-7-5-18(13-25)6-8-19/h5-8,13,24,26H,9-12,14H2,1-4H3. The molecule has 2 aromatic carbocycles. The molecule has 2 aromatic rings. The van der Waals surface area contributed by atoms with E-state index in [1.165, 1.54) is 0 Å². The zero-order chi connectivity index (χ0) is 20.3. The molecule has 0 saturated carbocycles. The average molecular weight is 383 g/mol. The van der Waals surface area contributed by atoms with Gasteiger partial charge in [0.2, 0.25) is 0 Å². The van der Waals surface area contributed by atoms with Crippen LogP contribution in [-0.2, 0) is 6.42 Å². The number of nitrogens with one attached hydrogen (secondary N) is 1. The smallest absolute Gasteiger partial charge is 0.150 e. The number of carbonyl (C=O) groups is 1. The number of carbonyl (C=O) groups excluding carboxylic acids is 1. The van der Waals surface area contributed by atoms with Gasteiger partial charge in [-0.3, -0.25) is 4.79 Å². The summed E-state index contributed by atoms with van der Waals surface area (Å²) in [5.74, 6) is 2.07. The molecule has 1 heterocycles. The lowest BCUT2D eigenvalue weighted by atomic mass is 9.87. The first-order valence-electron chi connectivity index (χ1n) is 9.74. The molecule has 5 nitrogen and oxygen atoms in total. The van der Waals surface area contributed by atoms with Gasteiger partial charge in [-0.2, -0.15) is 0 Å². The number of benzene rings is 2. The Kier molecular flexibility index (Phi) is 5.94. The van der Waals surface area contributed by atoms with Crippen LogP contribution in [0.4, 0.5) is 0 Å². The Morgan fingerprint density at radius 3 is 2.57 bits per heavy atom. The molecule has 0 bridgehead atoms. The van der Waals surface area contributed by atoms with Gasteiger partial charge in [-0.15, -0.1) is 0 Å². The lowest BCUT2D eigenvalue weighted by molar-refractivity contribution is 0.0625. The van der Waals surface area contributed by atoms with Crippen LogP contribution in [0.1, 0.15) is 46.0 Å². The van der Waals surface area contributed by atoms with Gasteiger partial charge in [-0.1, -0.05) is 0 Å². The molecule has 5 heteroatoms.